The second-order valence-electron chi connectivity index (χ2n) is 7.19. The predicted octanol–water partition coefficient (Wildman–Crippen LogP) is 1.28. The number of hydrogen-bond donors (Lipinski definition) is 2. The van der Waals surface area contributed by atoms with Crippen molar-refractivity contribution in [3.63, 3.8) is 0 Å². The van der Waals surface area contributed by atoms with E-state index in [1.807, 2.05) is 11.8 Å². The first-order chi connectivity index (χ1) is 12.0. The predicted molar refractivity (Wildman–Crippen MR) is 116 cm³/mol. The van der Waals surface area contributed by atoms with E-state index >= 15 is 0 Å². The van der Waals surface area contributed by atoms with E-state index in [-0.39, 0.29) is 29.9 Å². The molecule has 3 atom stereocenters. The number of nitrogens with one attached hydrogen (secondary N) is 2. The van der Waals surface area contributed by atoms with Gasteiger partial charge in [0.15, 0.2) is 5.96 Å². The molecule has 2 aliphatic rings. The first-order valence-electron chi connectivity index (χ1n) is 9.64. The average molecular weight is 481 g/mol. The van der Waals surface area contributed by atoms with Gasteiger partial charge in [-0.15, -0.1) is 24.0 Å². The highest BCUT2D eigenvalue weighted by atomic mass is 127. The first-order valence-corrected chi connectivity index (χ1v) is 9.64. The molecular formula is C18H36IN5O2. The second kappa shape index (κ2) is 12.0. The lowest BCUT2D eigenvalue weighted by Crippen LogP contribution is -2.47. The smallest absolute Gasteiger partial charge is 0.222 e. The molecule has 152 valence electrons. The van der Waals surface area contributed by atoms with E-state index < -0.39 is 0 Å². The lowest BCUT2D eigenvalue weighted by atomic mass is 10.2. The van der Waals surface area contributed by atoms with Gasteiger partial charge in [0, 0.05) is 58.8 Å². The molecule has 0 spiro atoms. The number of amides is 1. The van der Waals surface area contributed by atoms with Gasteiger partial charge in [-0.25, -0.2) is 0 Å². The third-order valence-electron chi connectivity index (χ3n) is 4.85. The Bertz CT molecular complexity index is 453. The van der Waals surface area contributed by atoms with Gasteiger partial charge in [-0.3, -0.25) is 14.7 Å². The first kappa shape index (κ1) is 23.4. The standard InChI is InChI=1S/C18H35N5O2.HI/c1-5-17(24)23-10-7-16(13-23)21-18(19-4)20-8-6-9-22-11-14(2)25-15(3)12-22;/h14-16H,5-13H2,1-4H3,(H2,19,20,21);1H. The molecule has 7 nitrogen and oxygen atoms in total. The molecule has 1 amide bonds. The summed E-state index contributed by atoms with van der Waals surface area (Å²) in [6.45, 7) is 11.8. The van der Waals surface area contributed by atoms with Crippen molar-refractivity contribution in [2.45, 2.75) is 58.3 Å². The zero-order valence-corrected chi connectivity index (χ0v) is 19.0. The van der Waals surface area contributed by atoms with Crippen LogP contribution in [0, 0.1) is 0 Å². The maximum Gasteiger partial charge on any atom is 0.222 e. The number of carbonyl (C=O) groups is 1. The Morgan fingerprint density at radius 3 is 2.54 bits per heavy atom. The van der Waals surface area contributed by atoms with Gasteiger partial charge in [-0.1, -0.05) is 6.92 Å². The van der Waals surface area contributed by atoms with Crippen LogP contribution in [0.2, 0.25) is 0 Å². The van der Waals surface area contributed by atoms with Crippen LogP contribution in [-0.2, 0) is 9.53 Å². The minimum absolute atomic E-state index is 0. The number of guanidine groups is 1. The number of halogens is 1. The minimum Gasteiger partial charge on any atom is -0.373 e. The molecule has 0 radical (unpaired) electrons. The summed E-state index contributed by atoms with van der Waals surface area (Å²) in [4.78, 5) is 20.5. The number of ether oxygens (including phenoxy) is 1. The Morgan fingerprint density at radius 2 is 1.92 bits per heavy atom. The van der Waals surface area contributed by atoms with Crippen molar-refractivity contribution in [2.75, 3.05) is 46.3 Å². The number of morpholine rings is 1. The highest BCUT2D eigenvalue weighted by Gasteiger charge is 2.26. The van der Waals surface area contributed by atoms with Crippen LogP contribution >= 0.6 is 24.0 Å². The summed E-state index contributed by atoms with van der Waals surface area (Å²) >= 11 is 0. The van der Waals surface area contributed by atoms with Crippen molar-refractivity contribution < 1.29 is 9.53 Å². The van der Waals surface area contributed by atoms with Crippen LogP contribution in [0.3, 0.4) is 0 Å². The zero-order valence-electron chi connectivity index (χ0n) is 16.7. The normalized spacial score (nSPS) is 27.2. The number of carbonyl (C=O) groups excluding carboxylic acids is 1. The highest BCUT2D eigenvalue weighted by Crippen LogP contribution is 2.11. The number of rotatable bonds is 6. The number of aliphatic imine (C=N–C) groups is 1. The van der Waals surface area contributed by atoms with Crippen LogP contribution in [-0.4, -0.2) is 86.2 Å². The lowest BCUT2D eigenvalue weighted by Gasteiger charge is -2.35. The Morgan fingerprint density at radius 1 is 1.23 bits per heavy atom. The van der Waals surface area contributed by atoms with Crippen molar-refractivity contribution >= 4 is 35.8 Å². The Labute approximate surface area is 175 Å². The molecule has 0 aromatic heterocycles. The number of nitrogens with zero attached hydrogens (tertiary/aromatic N) is 3. The van der Waals surface area contributed by atoms with Crippen LogP contribution < -0.4 is 10.6 Å². The van der Waals surface area contributed by atoms with Crippen molar-refractivity contribution in [1.29, 1.82) is 0 Å². The van der Waals surface area contributed by atoms with Crippen molar-refractivity contribution in [1.82, 2.24) is 20.4 Å². The molecular weight excluding hydrogens is 445 g/mol. The van der Waals surface area contributed by atoms with Gasteiger partial charge in [0.05, 0.1) is 12.2 Å². The molecule has 2 saturated heterocycles. The van der Waals surface area contributed by atoms with E-state index in [0.29, 0.717) is 24.7 Å². The van der Waals surface area contributed by atoms with Gasteiger partial charge >= 0.3 is 0 Å². The summed E-state index contributed by atoms with van der Waals surface area (Å²) in [5, 5.41) is 6.83. The summed E-state index contributed by atoms with van der Waals surface area (Å²) in [5.41, 5.74) is 0. The highest BCUT2D eigenvalue weighted by molar-refractivity contribution is 14.0. The van der Waals surface area contributed by atoms with E-state index in [1.165, 1.54) is 0 Å². The van der Waals surface area contributed by atoms with Crippen LogP contribution in [0.15, 0.2) is 4.99 Å². The summed E-state index contributed by atoms with van der Waals surface area (Å²) in [7, 11) is 1.80. The van der Waals surface area contributed by atoms with E-state index in [4.69, 9.17) is 4.74 Å². The molecule has 0 aromatic carbocycles. The van der Waals surface area contributed by atoms with Crippen molar-refractivity contribution in [3.8, 4) is 0 Å². The van der Waals surface area contributed by atoms with E-state index in [0.717, 1.165) is 58.1 Å². The van der Waals surface area contributed by atoms with Crippen LogP contribution in [0.5, 0.6) is 0 Å². The maximum atomic E-state index is 11.8. The molecule has 0 bridgehead atoms. The van der Waals surface area contributed by atoms with Gasteiger partial charge < -0.3 is 20.3 Å². The Balaban J connectivity index is 0.00000338. The summed E-state index contributed by atoms with van der Waals surface area (Å²) in [5.74, 6) is 1.07. The molecule has 0 aliphatic carbocycles. The maximum absolute atomic E-state index is 11.8. The average Bonchev–Trinajstić information content (AvgIpc) is 3.04. The van der Waals surface area contributed by atoms with E-state index in [2.05, 4.69) is 34.4 Å². The van der Waals surface area contributed by atoms with Gasteiger partial charge in [0.2, 0.25) is 5.91 Å². The van der Waals surface area contributed by atoms with Crippen LogP contribution in [0.25, 0.3) is 0 Å². The Kier molecular flexibility index (Phi) is 10.8. The quantitative estimate of drug-likeness (QED) is 0.259. The fourth-order valence-electron chi connectivity index (χ4n) is 3.69. The second-order valence-corrected chi connectivity index (χ2v) is 7.19. The monoisotopic (exact) mass is 481 g/mol. The molecule has 2 heterocycles. The van der Waals surface area contributed by atoms with Crippen LogP contribution in [0.1, 0.15) is 40.0 Å². The van der Waals surface area contributed by atoms with Gasteiger partial charge in [0.1, 0.15) is 0 Å². The molecule has 2 N–H and O–H groups in total. The molecule has 8 heteroatoms. The van der Waals surface area contributed by atoms with Crippen molar-refractivity contribution in [2.24, 2.45) is 4.99 Å². The van der Waals surface area contributed by atoms with E-state index in [1.54, 1.807) is 7.05 Å². The fraction of sp³-hybridized carbons (Fsp3) is 0.889. The molecule has 2 aliphatic heterocycles. The topological polar surface area (TPSA) is 69.2 Å². The minimum atomic E-state index is 0. The molecule has 26 heavy (non-hydrogen) atoms. The van der Waals surface area contributed by atoms with Gasteiger partial charge in [-0.05, 0) is 26.7 Å². The van der Waals surface area contributed by atoms with Gasteiger partial charge in [0.25, 0.3) is 0 Å². The number of hydrogen-bond acceptors (Lipinski definition) is 4. The summed E-state index contributed by atoms with van der Waals surface area (Å²) in [6.07, 6.45) is 3.28. The third-order valence-corrected chi connectivity index (χ3v) is 4.85. The van der Waals surface area contributed by atoms with Gasteiger partial charge in [-0.2, -0.15) is 0 Å². The molecule has 2 rings (SSSR count). The fourth-order valence-corrected chi connectivity index (χ4v) is 3.69. The third kappa shape index (κ3) is 7.56. The molecule has 0 aromatic rings. The largest absolute Gasteiger partial charge is 0.373 e. The molecule has 3 unspecified atom stereocenters. The SMILES string of the molecule is CCC(=O)N1CCC(NC(=NC)NCCCN2CC(C)OC(C)C2)C1.I. The van der Waals surface area contributed by atoms with E-state index in [9.17, 15) is 4.79 Å². The lowest BCUT2D eigenvalue weighted by molar-refractivity contribution is -0.129. The van der Waals surface area contributed by atoms with Crippen molar-refractivity contribution in [3.05, 3.63) is 0 Å². The number of likely N-dealkylation sites (tertiary alicyclic amines) is 1. The zero-order chi connectivity index (χ0) is 18.2. The Hall–Kier alpha value is -0.610. The molecule has 2 fully saturated rings. The summed E-state index contributed by atoms with van der Waals surface area (Å²) < 4.78 is 5.77. The van der Waals surface area contributed by atoms with Crippen LogP contribution in [0.4, 0.5) is 0 Å². The summed E-state index contributed by atoms with van der Waals surface area (Å²) in [6, 6.07) is 0.294. The molecule has 0 saturated carbocycles.